The third-order valence-corrected chi connectivity index (χ3v) is 4.33. The van der Waals surface area contributed by atoms with E-state index in [4.69, 9.17) is 9.73 Å². The third kappa shape index (κ3) is 3.37. The monoisotopic (exact) mass is 347 g/mol. The molecule has 0 amide bonds. The fourth-order valence-electron chi connectivity index (χ4n) is 3.03. The first kappa shape index (κ1) is 16.5. The van der Waals surface area contributed by atoms with Crippen LogP contribution in [0.3, 0.4) is 0 Å². The maximum atomic E-state index is 5.34. The molecule has 0 fully saturated rings. The number of aliphatic imine (C=N–C) groups is 1. The van der Waals surface area contributed by atoms with Crippen LogP contribution in [0.4, 0.5) is 0 Å². The third-order valence-electron chi connectivity index (χ3n) is 4.33. The highest BCUT2D eigenvalue weighted by Gasteiger charge is 2.28. The van der Waals surface area contributed by atoms with Crippen molar-refractivity contribution in [1.29, 1.82) is 0 Å². The summed E-state index contributed by atoms with van der Waals surface area (Å²) in [6.45, 7) is 1.99. The Labute approximate surface area is 152 Å². The van der Waals surface area contributed by atoms with Crippen molar-refractivity contribution in [2.45, 2.75) is 6.54 Å². The van der Waals surface area contributed by atoms with Crippen molar-refractivity contribution in [1.82, 2.24) is 20.7 Å². The SMILES string of the molecule is COCC1=C2N=C(c3ccccc3)C=C(NCc3ccncc3)N2NC1. The number of hydrazine groups is 1. The van der Waals surface area contributed by atoms with E-state index in [9.17, 15) is 0 Å². The highest BCUT2D eigenvalue weighted by atomic mass is 16.5. The van der Waals surface area contributed by atoms with Crippen LogP contribution in [-0.2, 0) is 11.3 Å². The fourth-order valence-corrected chi connectivity index (χ4v) is 3.03. The number of pyridine rings is 1. The number of rotatable bonds is 6. The molecule has 3 heterocycles. The van der Waals surface area contributed by atoms with Crippen molar-refractivity contribution >= 4 is 5.71 Å². The van der Waals surface area contributed by atoms with Crippen molar-refractivity contribution in [3.8, 4) is 0 Å². The molecule has 0 saturated heterocycles. The van der Waals surface area contributed by atoms with Crippen LogP contribution in [0.15, 0.2) is 83.1 Å². The van der Waals surface area contributed by atoms with Crippen molar-refractivity contribution in [3.63, 3.8) is 0 Å². The van der Waals surface area contributed by atoms with Crippen molar-refractivity contribution in [3.05, 3.63) is 89.3 Å². The Hall–Kier alpha value is -2.96. The van der Waals surface area contributed by atoms with Crippen LogP contribution >= 0.6 is 0 Å². The number of nitrogens with zero attached hydrogens (tertiary/aromatic N) is 3. The number of hydrogen-bond acceptors (Lipinski definition) is 6. The van der Waals surface area contributed by atoms with E-state index in [1.165, 1.54) is 5.56 Å². The Morgan fingerprint density at radius 2 is 1.96 bits per heavy atom. The molecular weight excluding hydrogens is 326 g/mol. The molecule has 0 saturated carbocycles. The molecule has 2 aliphatic heterocycles. The van der Waals surface area contributed by atoms with Gasteiger partial charge in [-0.25, -0.2) is 15.4 Å². The van der Waals surface area contributed by atoms with Crippen LogP contribution in [0.2, 0.25) is 0 Å². The van der Waals surface area contributed by atoms with Crippen LogP contribution in [0.5, 0.6) is 0 Å². The summed E-state index contributed by atoms with van der Waals surface area (Å²) in [5.41, 5.74) is 7.72. The molecule has 132 valence electrons. The average molecular weight is 347 g/mol. The first-order valence-electron chi connectivity index (χ1n) is 8.58. The average Bonchev–Trinajstić information content (AvgIpc) is 3.11. The zero-order valence-corrected chi connectivity index (χ0v) is 14.6. The number of aromatic nitrogens is 1. The largest absolute Gasteiger partial charge is 0.380 e. The van der Waals surface area contributed by atoms with Crippen molar-refractivity contribution < 1.29 is 4.74 Å². The van der Waals surface area contributed by atoms with Gasteiger partial charge >= 0.3 is 0 Å². The topological polar surface area (TPSA) is 61.8 Å². The Kier molecular flexibility index (Phi) is 4.77. The molecule has 2 N–H and O–H groups in total. The van der Waals surface area contributed by atoms with Gasteiger partial charge in [-0.1, -0.05) is 30.3 Å². The number of hydrogen-bond donors (Lipinski definition) is 2. The van der Waals surface area contributed by atoms with Crippen LogP contribution in [-0.4, -0.2) is 36.0 Å². The van der Waals surface area contributed by atoms with E-state index in [2.05, 4.69) is 33.9 Å². The molecule has 1 aromatic carbocycles. The first-order valence-corrected chi connectivity index (χ1v) is 8.58. The van der Waals surface area contributed by atoms with E-state index < -0.39 is 0 Å². The minimum Gasteiger partial charge on any atom is -0.380 e. The Morgan fingerprint density at radius 3 is 2.73 bits per heavy atom. The van der Waals surface area contributed by atoms with Gasteiger partial charge in [0.1, 0.15) is 5.82 Å². The van der Waals surface area contributed by atoms with Crippen LogP contribution < -0.4 is 10.7 Å². The summed E-state index contributed by atoms with van der Waals surface area (Å²) < 4.78 is 5.34. The minimum atomic E-state index is 0.558. The van der Waals surface area contributed by atoms with Crippen LogP contribution in [0.1, 0.15) is 11.1 Å². The quantitative estimate of drug-likeness (QED) is 0.839. The zero-order valence-electron chi connectivity index (χ0n) is 14.6. The summed E-state index contributed by atoms with van der Waals surface area (Å²) in [4.78, 5) is 8.94. The first-order chi connectivity index (χ1) is 12.8. The van der Waals surface area contributed by atoms with Gasteiger partial charge in [-0.05, 0) is 17.7 Å². The number of methoxy groups -OCH3 is 1. The normalized spacial score (nSPS) is 16.3. The summed E-state index contributed by atoms with van der Waals surface area (Å²) >= 11 is 0. The lowest BCUT2D eigenvalue weighted by atomic mass is 10.1. The van der Waals surface area contributed by atoms with E-state index in [1.54, 1.807) is 19.5 Å². The molecule has 2 aliphatic rings. The summed E-state index contributed by atoms with van der Waals surface area (Å²) in [6, 6.07) is 14.2. The molecule has 0 atom stereocenters. The van der Waals surface area contributed by atoms with Gasteiger partial charge in [-0.2, -0.15) is 0 Å². The minimum absolute atomic E-state index is 0.558. The summed E-state index contributed by atoms with van der Waals surface area (Å²) in [5, 5.41) is 5.51. The van der Waals surface area contributed by atoms with Gasteiger partial charge in [0, 0.05) is 49.8 Å². The number of nitrogens with one attached hydrogen (secondary N) is 2. The van der Waals surface area contributed by atoms with Gasteiger partial charge < -0.3 is 10.1 Å². The van der Waals surface area contributed by atoms with E-state index >= 15 is 0 Å². The highest BCUT2D eigenvalue weighted by Crippen LogP contribution is 2.26. The van der Waals surface area contributed by atoms with E-state index in [0.717, 1.165) is 35.0 Å². The maximum Gasteiger partial charge on any atom is 0.152 e. The standard InChI is InChI=1S/C20H21N5O/c1-26-14-17-13-23-25-19(22-12-15-7-9-21-10-8-15)11-18(24-20(17)25)16-5-3-2-4-6-16/h2-11,22-23H,12-14H2,1H3. The summed E-state index contributed by atoms with van der Waals surface area (Å²) in [5.74, 6) is 1.88. The molecule has 1 aromatic heterocycles. The number of ether oxygens (including phenoxy) is 1. The maximum absolute atomic E-state index is 5.34. The van der Waals surface area contributed by atoms with Gasteiger partial charge in [0.2, 0.25) is 0 Å². The van der Waals surface area contributed by atoms with Gasteiger partial charge in [0.25, 0.3) is 0 Å². The predicted molar refractivity (Wildman–Crippen MR) is 101 cm³/mol. The molecule has 6 nitrogen and oxygen atoms in total. The second kappa shape index (κ2) is 7.51. The van der Waals surface area contributed by atoms with Gasteiger partial charge in [0.15, 0.2) is 5.82 Å². The Balaban J connectivity index is 1.65. The Morgan fingerprint density at radius 1 is 1.15 bits per heavy atom. The molecule has 0 unspecified atom stereocenters. The molecule has 4 rings (SSSR count). The molecule has 26 heavy (non-hydrogen) atoms. The zero-order chi connectivity index (χ0) is 17.8. The van der Waals surface area contributed by atoms with Crippen LogP contribution in [0, 0.1) is 0 Å². The lowest BCUT2D eigenvalue weighted by Gasteiger charge is -2.28. The van der Waals surface area contributed by atoms with E-state index in [0.29, 0.717) is 13.2 Å². The Bertz CT molecular complexity index is 858. The smallest absolute Gasteiger partial charge is 0.152 e. The summed E-state index contributed by atoms with van der Waals surface area (Å²) in [6.07, 6.45) is 5.68. The number of fused-ring (bicyclic) bond motifs is 1. The van der Waals surface area contributed by atoms with Gasteiger partial charge in [-0.15, -0.1) is 0 Å². The highest BCUT2D eigenvalue weighted by molar-refractivity contribution is 6.10. The number of allylic oxidation sites excluding steroid dienone is 1. The molecule has 2 aromatic rings. The molecular formula is C20H21N5O. The fraction of sp³-hybridized carbons (Fsp3) is 0.200. The molecule has 6 heteroatoms. The molecule has 0 spiro atoms. The molecule has 0 bridgehead atoms. The van der Waals surface area contributed by atoms with Crippen molar-refractivity contribution in [2.75, 3.05) is 20.3 Å². The van der Waals surface area contributed by atoms with E-state index in [-0.39, 0.29) is 0 Å². The lowest BCUT2D eigenvalue weighted by molar-refractivity contribution is 0.224. The molecule has 0 radical (unpaired) electrons. The van der Waals surface area contributed by atoms with Crippen molar-refractivity contribution in [2.24, 2.45) is 4.99 Å². The second-order valence-corrected chi connectivity index (χ2v) is 6.13. The lowest BCUT2D eigenvalue weighted by Crippen LogP contribution is -2.39. The molecule has 0 aliphatic carbocycles. The number of benzene rings is 1. The van der Waals surface area contributed by atoms with E-state index in [1.807, 2.05) is 35.3 Å². The summed E-state index contributed by atoms with van der Waals surface area (Å²) in [7, 11) is 1.71. The van der Waals surface area contributed by atoms with Gasteiger partial charge in [-0.3, -0.25) is 4.98 Å². The predicted octanol–water partition coefficient (Wildman–Crippen LogP) is 2.19. The van der Waals surface area contributed by atoms with Crippen LogP contribution in [0.25, 0.3) is 0 Å². The second-order valence-electron chi connectivity index (χ2n) is 6.13. The van der Waals surface area contributed by atoms with Gasteiger partial charge in [0.05, 0.1) is 12.3 Å².